The summed E-state index contributed by atoms with van der Waals surface area (Å²) in [6, 6.07) is 0. The van der Waals surface area contributed by atoms with Crippen molar-refractivity contribution in [2.45, 2.75) is 25.7 Å². The van der Waals surface area contributed by atoms with E-state index < -0.39 is 0 Å². The first-order valence-electron chi connectivity index (χ1n) is 7.26. The molecule has 0 unspecified atom stereocenters. The Morgan fingerprint density at radius 1 is 1.40 bits per heavy atom. The first-order chi connectivity index (χ1) is 9.66. The number of carbonyl (C=O) groups excluding carboxylic acids is 2. The van der Waals surface area contributed by atoms with Crippen molar-refractivity contribution < 1.29 is 9.59 Å². The molecule has 0 aromatic rings. The molecule has 0 radical (unpaired) electrons. The van der Waals surface area contributed by atoms with Crippen LogP contribution in [0.4, 0.5) is 0 Å². The Labute approximate surface area is 119 Å². The molecule has 0 aromatic heterocycles. The second-order valence-electron chi connectivity index (χ2n) is 5.24. The third-order valence-electron chi connectivity index (χ3n) is 3.78. The molecule has 0 aromatic carbocycles. The van der Waals surface area contributed by atoms with E-state index in [0.717, 1.165) is 32.0 Å². The van der Waals surface area contributed by atoms with Crippen molar-refractivity contribution in [1.82, 2.24) is 15.5 Å². The first-order valence-corrected chi connectivity index (χ1v) is 7.26. The molecule has 2 rings (SSSR count). The SMILES string of the molecule is NC(=O)C1CCN(C(=O)CCCNC2=NCCN2)CC1. The Bertz CT molecular complexity index is 388. The van der Waals surface area contributed by atoms with Gasteiger partial charge in [-0.25, -0.2) is 0 Å². The number of nitrogens with two attached hydrogens (primary N) is 1. The molecule has 20 heavy (non-hydrogen) atoms. The first kappa shape index (κ1) is 14.6. The molecule has 0 aliphatic carbocycles. The minimum Gasteiger partial charge on any atom is -0.369 e. The fourth-order valence-electron chi connectivity index (χ4n) is 2.53. The summed E-state index contributed by atoms with van der Waals surface area (Å²) in [6.07, 6.45) is 2.71. The monoisotopic (exact) mass is 281 g/mol. The molecule has 1 saturated heterocycles. The summed E-state index contributed by atoms with van der Waals surface area (Å²) >= 11 is 0. The zero-order valence-electron chi connectivity index (χ0n) is 11.7. The summed E-state index contributed by atoms with van der Waals surface area (Å²) in [6.45, 7) is 3.74. The minimum absolute atomic E-state index is 0.0628. The van der Waals surface area contributed by atoms with E-state index in [4.69, 9.17) is 5.73 Å². The Hall–Kier alpha value is -1.79. The molecule has 2 amide bonds. The number of primary amides is 1. The number of likely N-dealkylation sites (tertiary alicyclic amines) is 1. The standard InChI is InChI=1S/C13H23N5O2/c14-12(20)10-3-8-18(9-4-10)11(19)2-1-5-15-13-16-6-7-17-13/h10H,1-9H2,(H2,14,20)(H2,15,16,17). The highest BCUT2D eigenvalue weighted by Crippen LogP contribution is 2.17. The molecule has 0 spiro atoms. The molecule has 1 fully saturated rings. The molecule has 2 aliphatic rings. The summed E-state index contributed by atoms with van der Waals surface area (Å²) in [4.78, 5) is 29.1. The van der Waals surface area contributed by atoms with Gasteiger partial charge in [-0.05, 0) is 19.3 Å². The Balaban J connectivity index is 1.59. The summed E-state index contributed by atoms with van der Waals surface area (Å²) in [5, 5.41) is 6.29. The van der Waals surface area contributed by atoms with Crippen LogP contribution in [0.25, 0.3) is 0 Å². The Kier molecular flexibility index (Phi) is 5.20. The van der Waals surface area contributed by atoms with Gasteiger partial charge in [-0.2, -0.15) is 0 Å². The second kappa shape index (κ2) is 7.12. The van der Waals surface area contributed by atoms with Crippen LogP contribution < -0.4 is 16.4 Å². The van der Waals surface area contributed by atoms with Crippen molar-refractivity contribution >= 4 is 17.8 Å². The number of rotatable bonds is 5. The lowest BCUT2D eigenvalue weighted by molar-refractivity contribution is -0.134. The van der Waals surface area contributed by atoms with Crippen LogP contribution in [0.5, 0.6) is 0 Å². The van der Waals surface area contributed by atoms with Crippen molar-refractivity contribution in [3.63, 3.8) is 0 Å². The maximum absolute atomic E-state index is 12.0. The lowest BCUT2D eigenvalue weighted by atomic mass is 9.96. The Morgan fingerprint density at radius 2 is 2.15 bits per heavy atom. The third kappa shape index (κ3) is 4.11. The Morgan fingerprint density at radius 3 is 2.75 bits per heavy atom. The highest BCUT2D eigenvalue weighted by atomic mass is 16.2. The summed E-state index contributed by atoms with van der Waals surface area (Å²) < 4.78 is 0. The highest BCUT2D eigenvalue weighted by molar-refractivity contribution is 5.81. The van der Waals surface area contributed by atoms with Gasteiger partial charge in [-0.3, -0.25) is 14.6 Å². The molecular weight excluding hydrogens is 258 g/mol. The molecule has 4 N–H and O–H groups in total. The van der Waals surface area contributed by atoms with Crippen LogP contribution in [-0.2, 0) is 9.59 Å². The zero-order chi connectivity index (χ0) is 14.4. The van der Waals surface area contributed by atoms with Gasteiger partial charge in [0.2, 0.25) is 11.8 Å². The number of piperidine rings is 1. The van der Waals surface area contributed by atoms with E-state index >= 15 is 0 Å². The van der Waals surface area contributed by atoms with Gasteiger partial charge in [0.15, 0.2) is 5.96 Å². The molecule has 0 bridgehead atoms. The summed E-state index contributed by atoms with van der Waals surface area (Å²) in [5.74, 6) is 0.689. The van der Waals surface area contributed by atoms with Crippen LogP contribution in [0.1, 0.15) is 25.7 Å². The van der Waals surface area contributed by atoms with E-state index in [-0.39, 0.29) is 17.7 Å². The van der Waals surface area contributed by atoms with Gasteiger partial charge in [0.05, 0.1) is 6.54 Å². The number of hydrogen-bond donors (Lipinski definition) is 3. The third-order valence-corrected chi connectivity index (χ3v) is 3.78. The largest absolute Gasteiger partial charge is 0.369 e. The van der Waals surface area contributed by atoms with Crippen LogP contribution in [0, 0.1) is 5.92 Å². The van der Waals surface area contributed by atoms with Gasteiger partial charge in [0.25, 0.3) is 0 Å². The summed E-state index contributed by atoms with van der Waals surface area (Å²) in [7, 11) is 0. The predicted octanol–water partition coefficient (Wildman–Crippen LogP) is -0.961. The number of amides is 2. The quantitative estimate of drug-likeness (QED) is 0.565. The molecule has 112 valence electrons. The number of nitrogens with zero attached hydrogens (tertiary/aromatic N) is 2. The van der Waals surface area contributed by atoms with Crippen LogP contribution in [0.15, 0.2) is 4.99 Å². The van der Waals surface area contributed by atoms with Crippen LogP contribution in [0.3, 0.4) is 0 Å². The average molecular weight is 281 g/mol. The maximum atomic E-state index is 12.0. The molecule has 7 heteroatoms. The number of guanidine groups is 1. The van der Waals surface area contributed by atoms with Gasteiger partial charge in [0, 0.05) is 38.5 Å². The maximum Gasteiger partial charge on any atom is 0.222 e. The number of carbonyl (C=O) groups is 2. The van der Waals surface area contributed by atoms with E-state index in [9.17, 15) is 9.59 Å². The van der Waals surface area contributed by atoms with Crippen molar-refractivity contribution in [3.05, 3.63) is 0 Å². The lowest BCUT2D eigenvalue weighted by Gasteiger charge is -2.30. The van der Waals surface area contributed by atoms with Crippen molar-refractivity contribution in [2.24, 2.45) is 16.6 Å². The van der Waals surface area contributed by atoms with Crippen molar-refractivity contribution in [2.75, 3.05) is 32.7 Å². The fourth-order valence-corrected chi connectivity index (χ4v) is 2.53. The van der Waals surface area contributed by atoms with Crippen LogP contribution in [0.2, 0.25) is 0 Å². The predicted molar refractivity (Wildman–Crippen MR) is 76.0 cm³/mol. The highest BCUT2D eigenvalue weighted by Gasteiger charge is 2.25. The zero-order valence-corrected chi connectivity index (χ0v) is 11.7. The normalized spacial score (nSPS) is 19.4. The van der Waals surface area contributed by atoms with E-state index in [0.29, 0.717) is 32.4 Å². The van der Waals surface area contributed by atoms with Crippen LogP contribution in [-0.4, -0.2) is 55.4 Å². The van der Waals surface area contributed by atoms with Gasteiger partial charge in [-0.15, -0.1) is 0 Å². The molecule has 0 atom stereocenters. The number of hydrogen-bond acceptors (Lipinski definition) is 5. The summed E-state index contributed by atoms with van der Waals surface area (Å²) in [5.41, 5.74) is 5.28. The van der Waals surface area contributed by atoms with Gasteiger partial charge in [-0.1, -0.05) is 0 Å². The molecule has 0 saturated carbocycles. The number of aliphatic imine (C=N–C) groups is 1. The van der Waals surface area contributed by atoms with Crippen molar-refractivity contribution in [1.29, 1.82) is 0 Å². The molecule has 2 heterocycles. The fraction of sp³-hybridized carbons (Fsp3) is 0.769. The smallest absolute Gasteiger partial charge is 0.222 e. The van der Waals surface area contributed by atoms with Gasteiger partial charge in [0.1, 0.15) is 0 Å². The molecular formula is C13H23N5O2. The topological polar surface area (TPSA) is 99.8 Å². The second-order valence-corrected chi connectivity index (χ2v) is 5.24. The van der Waals surface area contributed by atoms with E-state index in [1.165, 1.54) is 0 Å². The van der Waals surface area contributed by atoms with Gasteiger partial charge < -0.3 is 21.3 Å². The van der Waals surface area contributed by atoms with E-state index in [1.807, 2.05) is 4.90 Å². The van der Waals surface area contributed by atoms with E-state index in [1.54, 1.807) is 0 Å². The number of nitrogens with one attached hydrogen (secondary N) is 2. The van der Waals surface area contributed by atoms with Crippen LogP contribution >= 0.6 is 0 Å². The average Bonchev–Trinajstić information content (AvgIpc) is 2.96. The lowest BCUT2D eigenvalue weighted by Crippen LogP contribution is -2.42. The molecule has 7 nitrogen and oxygen atoms in total. The minimum atomic E-state index is -0.244. The van der Waals surface area contributed by atoms with Gasteiger partial charge >= 0.3 is 0 Å². The van der Waals surface area contributed by atoms with Crippen molar-refractivity contribution in [3.8, 4) is 0 Å². The van der Waals surface area contributed by atoms with E-state index in [2.05, 4.69) is 15.6 Å². The molecule has 2 aliphatic heterocycles.